The van der Waals surface area contributed by atoms with Crippen LogP contribution in [0.25, 0.3) is 0 Å². The average Bonchev–Trinajstić information content (AvgIpc) is 2.39. The normalized spacial score (nSPS) is 33.8. The summed E-state index contributed by atoms with van der Waals surface area (Å²) in [5.41, 5.74) is 0. The van der Waals surface area contributed by atoms with Gasteiger partial charge in [0, 0.05) is 20.1 Å². The summed E-state index contributed by atoms with van der Waals surface area (Å²) in [5, 5.41) is 0. The van der Waals surface area contributed by atoms with Crippen molar-refractivity contribution in [3.8, 4) is 0 Å². The molecule has 0 aromatic rings. The quantitative estimate of drug-likeness (QED) is 0.409. The summed E-state index contributed by atoms with van der Waals surface area (Å²) in [4.78, 5) is 23.9. The number of esters is 1. The lowest BCUT2D eigenvalue weighted by molar-refractivity contribution is -0.240. The van der Waals surface area contributed by atoms with Gasteiger partial charge in [0.25, 0.3) is 0 Å². The second-order valence-corrected chi connectivity index (χ2v) is 4.32. The molecule has 3 aliphatic carbocycles. The standard InChI is InChI=1S/C12H16O5/c1-15-11(14)9-6-7-4-5-8(9)10(13)12(7,16-2)17-3/h4-5,7-9H,6H2,1-3H3/t7-,8-,9+/m1/s1. The number of Topliss-reactive ketones (excluding diaryl/α,β-unsaturated/α-hetero) is 1. The van der Waals surface area contributed by atoms with Gasteiger partial charge >= 0.3 is 5.97 Å². The summed E-state index contributed by atoms with van der Waals surface area (Å²) in [7, 11) is 4.23. The van der Waals surface area contributed by atoms with Crippen molar-refractivity contribution in [3.05, 3.63) is 12.2 Å². The fourth-order valence-electron chi connectivity index (χ4n) is 2.84. The van der Waals surface area contributed by atoms with E-state index in [2.05, 4.69) is 0 Å². The molecule has 3 rings (SSSR count). The zero-order valence-corrected chi connectivity index (χ0v) is 10.1. The monoisotopic (exact) mass is 240 g/mol. The van der Waals surface area contributed by atoms with Gasteiger partial charge in [-0.15, -0.1) is 0 Å². The summed E-state index contributed by atoms with van der Waals surface area (Å²) >= 11 is 0. The molecule has 0 spiro atoms. The number of fused-ring (bicyclic) bond motifs is 2. The van der Waals surface area contributed by atoms with Gasteiger partial charge in [0.1, 0.15) is 0 Å². The highest BCUT2D eigenvalue weighted by atomic mass is 16.7. The van der Waals surface area contributed by atoms with Crippen LogP contribution in [0.2, 0.25) is 0 Å². The molecular weight excluding hydrogens is 224 g/mol. The van der Waals surface area contributed by atoms with E-state index in [0.29, 0.717) is 6.42 Å². The Morgan fingerprint density at radius 3 is 2.41 bits per heavy atom. The number of ketones is 1. The highest BCUT2D eigenvalue weighted by Gasteiger charge is 2.58. The van der Waals surface area contributed by atoms with E-state index in [-0.39, 0.29) is 17.7 Å². The molecule has 1 fully saturated rings. The predicted molar refractivity (Wildman–Crippen MR) is 58.0 cm³/mol. The molecule has 2 bridgehead atoms. The van der Waals surface area contributed by atoms with Gasteiger partial charge in [-0.2, -0.15) is 0 Å². The molecule has 5 heteroatoms. The van der Waals surface area contributed by atoms with Crippen LogP contribution in [0.15, 0.2) is 12.2 Å². The molecule has 1 saturated carbocycles. The number of rotatable bonds is 3. The number of ether oxygens (including phenoxy) is 3. The van der Waals surface area contributed by atoms with Crippen LogP contribution in [-0.2, 0) is 23.8 Å². The fraction of sp³-hybridized carbons (Fsp3) is 0.667. The molecule has 94 valence electrons. The SMILES string of the molecule is COC(=O)[C@H]1C[C@H]2C=C[C@H]1C(=O)C2(OC)OC. The van der Waals surface area contributed by atoms with Crippen LogP contribution >= 0.6 is 0 Å². The minimum absolute atomic E-state index is 0.198. The molecule has 0 N–H and O–H groups in total. The zero-order valence-electron chi connectivity index (χ0n) is 10.1. The Kier molecular flexibility index (Phi) is 3.05. The van der Waals surface area contributed by atoms with Crippen molar-refractivity contribution in [2.45, 2.75) is 12.2 Å². The van der Waals surface area contributed by atoms with Gasteiger partial charge in [-0.3, -0.25) is 9.59 Å². The smallest absolute Gasteiger partial charge is 0.309 e. The van der Waals surface area contributed by atoms with Gasteiger partial charge in [-0.1, -0.05) is 12.2 Å². The van der Waals surface area contributed by atoms with Gasteiger partial charge in [-0.05, 0) is 6.42 Å². The van der Waals surface area contributed by atoms with Crippen LogP contribution in [0.1, 0.15) is 6.42 Å². The van der Waals surface area contributed by atoms with Gasteiger partial charge < -0.3 is 14.2 Å². The van der Waals surface area contributed by atoms with E-state index in [1.165, 1.54) is 21.3 Å². The van der Waals surface area contributed by atoms with E-state index in [1.807, 2.05) is 6.08 Å². The van der Waals surface area contributed by atoms with Crippen molar-refractivity contribution in [1.29, 1.82) is 0 Å². The minimum atomic E-state index is -1.23. The van der Waals surface area contributed by atoms with E-state index in [1.54, 1.807) is 6.08 Å². The van der Waals surface area contributed by atoms with Gasteiger partial charge in [0.15, 0.2) is 5.78 Å². The third kappa shape index (κ3) is 1.53. The van der Waals surface area contributed by atoms with E-state index < -0.39 is 17.6 Å². The maximum absolute atomic E-state index is 12.3. The Morgan fingerprint density at radius 1 is 1.29 bits per heavy atom. The predicted octanol–water partition coefficient (Wildman–Crippen LogP) is 0.540. The first-order valence-electron chi connectivity index (χ1n) is 5.51. The number of hydrogen-bond acceptors (Lipinski definition) is 5. The van der Waals surface area contributed by atoms with Crippen LogP contribution < -0.4 is 0 Å². The maximum atomic E-state index is 12.3. The van der Waals surface area contributed by atoms with Crippen LogP contribution in [0.4, 0.5) is 0 Å². The first kappa shape index (κ1) is 12.3. The molecule has 0 amide bonds. The Bertz CT molecular complexity index is 369. The second kappa shape index (κ2) is 4.23. The summed E-state index contributed by atoms with van der Waals surface area (Å²) in [5.74, 6) is -2.94. The lowest BCUT2D eigenvalue weighted by atomic mass is 9.65. The molecule has 0 aliphatic heterocycles. The van der Waals surface area contributed by atoms with Gasteiger partial charge in [0.05, 0.1) is 18.9 Å². The number of carbonyl (C=O) groups excluding carboxylic acids is 2. The van der Waals surface area contributed by atoms with Crippen molar-refractivity contribution in [3.63, 3.8) is 0 Å². The summed E-state index contributed by atoms with van der Waals surface area (Å²) in [6.45, 7) is 0. The van der Waals surface area contributed by atoms with Crippen molar-refractivity contribution >= 4 is 11.8 Å². The molecule has 0 aromatic carbocycles. The minimum Gasteiger partial charge on any atom is -0.469 e. The fourth-order valence-corrected chi connectivity index (χ4v) is 2.84. The first-order chi connectivity index (χ1) is 8.10. The number of allylic oxidation sites excluding steroid dienone is 1. The van der Waals surface area contributed by atoms with E-state index in [0.717, 1.165) is 0 Å². The summed E-state index contributed by atoms with van der Waals surface area (Å²) < 4.78 is 15.2. The van der Waals surface area contributed by atoms with Crippen molar-refractivity contribution < 1.29 is 23.8 Å². The maximum Gasteiger partial charge on any atom is 0.309 e. The molecule has 3 atom stereocenters. The molecule has 0 radical (unpaired) electrons. The van der Waals surface area contributed by atoms with Gasteiger partial charge in [0.2, 0.25) is 5.79 Å². The van der Waals surface area contributed by atoms with E-state index in [4.69, 9.17) is 14.2 Å². The molecule has 0 aromatic heterocycles. The lowest BCUT2D eigenvalue weighted by Gasteiger charge is -2.46. The van der Waals surface area contributed by atoms with Crippen molar-refractivity contribution in [2.24, 2.45) is 17.8 Å². The third-order valence-corrected chi connectivity index (χ3v) is 3.74. The first-order valence-corrected chi connectivity index (χ1v) is 5.51. The van der Waals surface area contributed by atoms with E-state index in [9.17, 15) is 9.59 Å². The van der Waals surface area contributed by atoms with Crippen LogP contribution in [0.5, 0.6) is 0 Å². The number of hydrogen-bond donors (Lipinski definition) is 0. The highest BCUT2D eigenvalue weighted by Crippen LogP contribution is 2.46. The Morgan fingerprint density at radius 2 is 1.94 bits per heavy atom. The van der Waals surface area contributed by atoms with Gasteiger partial charge in [-0.25, -0.2) is 0 Å². The van der Waals surface area contributed by atoms with Crippen molar-refractivity contribution in [2.75, 3.05) is 21.3 Å². The molecule has 0 unspecified atom stereocenters. The van der Waals surface area contributed by atoms with Crippen molar-refractivity contribution in [1.82, 2.24) is 0 Å². The number of methoxy groups -OCH3 is 3. The van der Waals surface area contributed by atoms with Crippen LogP contribution in [-0.4, -0.2) is 38.9 Å². The Hall–Kier alpha value is -1.20. The average molecular weight is 240 g/mol. The lowest BCUT2D eigenvalue weighted by Crippen LogP contribution is -2.60. The molecular formula is C12H16O5. The Labute approximate surface area is 99.7 Å². The molecule has 3 aliphatic rings. The molecule has 0 heterocycles. The summed E-state index contributed by atoms with van der Waals surface area (Å²) in [6.07, 6.45) is 4.16. The second-order valence-electron chi connectivity index (χ2n) is 4.32. The topological polar surface area (TPSA) is 61.8 Å². The molecule has 17 heavy (non-hydrogen) atoms. The largest absolute Gasteiger partial charge is 0.469 e. The zero-order chi connectivity index (χ0) is 12.6. The number of carbonyl (C=O) groups is 2. The molecule has 0 saturated heterocycles. The third-order valence-electron chi connectivity index (χ3n) is 3.74. The summed E-state index contributed by atoms with van der Waals surface area (Å²) in [6, 6.07) is 0. The van der Waals surface area contributed by atoms with E-state index >= 15 is 0 Å². The molecule has 5 nitrogen and oxygen atoms in total. The van der Waals surface area contributed by atoms with Crippen LogP contribution in [0.3, 0.4) is 0 Å². The van der Waals surface area contributed by atoms with Crippen LogP contribution in [0, 0.1) is 17.8 Å². The highest BCUT2D eigenvalue weighted by molar-refractivity contribution is 5.96. The Balaban J connectivity index is 2.34.